The van der Waals surface area contributed by atoms with Gasteiger partial charge in [0.05, 0.1) is 11.9 Å². The molecule has 2 aromatic rings. The van der Waals surface area contributed by atoms with Gasteiger partial charge in [0.2, 0.25) is 5.91 Å². The van der Waals surface area contributed by atoms with Gasteiger partial charge in [0.25, 0.3) is 5.91 Å². The van der Waals surface area contributed by atoms with Gasteiger partial charge in [-0.15, -0.1) is 0 Å². The Morgan fingerprint density at radius 3 is 2.92 bits per heavy atom. The summed E-state index contributed by atoms with van der Waals surface area (Å²) >= 11 is 0. The van der Waals surface area contributed by atoms with Gasteiger partial charge in [0.1, 0.15) is 6.54 Å². The number of hydrogen-bond acceptors (Lipinski definition) is 4. The molecular formula is C17H22N6O2. The lowest BCUT2D eigenvalue weighted by Crippen LogP contribution is -2.35. The number of H-pyrrole nitrogens is 1. The molecule has 0 atom stereocenters. The second kappa shape index (κ2) is 6.70. The van der Waals surface area contributed by atoms with Crippen molar-refractivity contribution in [2.24, 2.45) is 0 Å². The Morgan fingerprint density at radius 2 is 2.08 bits per heavy atom. The number of anilines is 1. The van der Waals surface area contributed by atoms with Crippen molar-refractivity contribution >= 4 is 17.5 Å². The Morgan fingerprint density at radius 1 is 1.24 bits per heavy atom. The van der Waals surface area contributed by atoms with E-state index in [0.29, 0.717) is 17.4 Å². The van der Waals surface area contributed by atoms with E-state index in [9.17, 15) is 9.59 Å². The number of hydrogen-bond donors (Lipinski definition) is 3. The van der Waals surface area contributed by atoms with Crippen molar-refractivity contribution in [3.05, 3.63) is 29.3 Å². The monoisotopic (exact) mass is 342 g/mol. The largest absolute Gasteiger partial charge is 0.352 e. The van der Waals surface area contributed by atoms with Crippen molar-refractivity contribution in [1.29, 1.82) is 0 Å². The van der Waals surface area contributed by atoms with E-state index in [2.05, 4.69) is 25.9 Å². The Hall–Kier alpha value is -2.64. The fourth-order valence-electron chi connectivity index (χ4n) is 3.70. The Kier molecular flexibility index (Phi) is 4.25. The van der Waals surface area contributed by atoms with E-state index in [1.54, 1.807) is 12.4 Å². The highest BCUT2D eigenvalue weighted by Crippen LogP contribution is 2.23. The van der Waals surface area contributed by atoms with E-state index >= 15 is 0 Å². The minimum atomic E-state index is -0.241. The van der Waals surface area contributed by atoms with E-state index in [-0.39, 0.29) is 18.4 Å². The summed E-state index contributed by atoms with van der Waals surface area (Å²) in [7, 11) is 0. The minimum Gasteiger partial charge on any atom is -0.352 e. The van der Waals surface area contributed by atoms with Gasteiger partial charge in [-0.25, -0.2) is 0 Å². The first-order chi connectivity index (χ1) is 12.2. The van der Waals surface area contributed by atoms with Crippen LogP contribution in [0.1, 0.15) is 53.8 Å². The normalized spacial score (nSPS) is 16.8. The van der Waals surface area contributed by atoms with Crippen LogP contribution in [0, 0.1) is 0 Å². The molecule has 0 aliphatic heterocycles. The number of carbonyl (C=O) groups is 2. The van der Waals surface area contributed by atoms with Gasteiger partial charge in [-0.1, -0.05) is 12.8 Å². The highest BCUT2D eigenvalue weighted by Gasteiger charge is 2.23. The lowest BCUT2D eigenvalue weighted by atomic mass is 10.2. The molecular weight excluding hydrogens is 320 g/mol. The van der Waals surface area contributed by atoms with Gasteiger partial charge in [-0.05, 0) is 32.1 Å². The Labute approximate surface area is 145 Å². The lowest BCUT2D eigenvalue weighted by Gasteiger charge is -2.11. The molecule has 0 bridgehead atoms. The molecule has 2 amide bonds. The van der Waals surface area contributed by atoms with Gasteiger partial charge >= 0.3 is 0 Å². The number of aromatic nitrogens is 4. The third-order valence-corrected chi connectivity index (χ3v) is 4.94. The Bertz CT molecular complexity index is 787. The molecule has 2 heterocycles. The number of aromatic amines is 1. The summed E-state index contributed by atoms with van der Waals surface area (Å²) in [5.74, 6) is -0.285. The Balaban J connectivity index is 1.34. The number of nitrogens with one attached hydrogen (secondary N) is 3. The third-order valence-electron chi connectivity index (χ3n) is 4.94. The van der Waals surface area contributed by atoms with Crippen molar-refractivity contribution in [1.82, 2.24) is 25.3 Å². The number of carbonyl (C=O) groups excluding carboxylic acids is 2. The van der Waals surface area contributed by atoms with E-state index in [1.165, 1.54) is 17.5 Å². The minimum absolute atomic E-state index is 0.0435. The molecule has 2 aliphatic rings. The van der Waals surface area contributed by atoms with Crippen LogP contribution in [-0.4, -0.2) is 37.8 Å². The van der Waals surface area contributed by atoms with Crippen LogP contribution in [0.2, 0.25) is 0 Å². The summed E-state index contributed by atoms with van der Waals surface area (Å²) in [6, 6.07) is 0.295. The van der Waals surface area contributed by atoms with Crippen LogP contribution in [-0.2, 0) is 24.2 Å². The number of nitrogens with zero attached hydrogens (tertiary/aromatic N) is 3. The molecule has 1 fully saturated rings. The third kappa shape index (κ3) is 3.42. The SMILES string of the molecule is O=C(Cn1cc(NC(=O)c2n[nH]c3c2CCC3)cn1)NC1CCCC1. The molecule has 2 aliphatic carbocycles. The fraction of sp³-hybridized carbons (Fsp3) is 0.529. The summed E-state index contributed by atoms with van der Waals surface area (Å²) in [6.07, 6.45) is 10.6. The quantitative estimate of drug-likeness (QED) is 0.764. The van der Waals surface area contributed by atoms with Gasteiger partial charge in [-0.2, -0.15) is 10.2 Å². The zero-order chi connectivity index (χ0) is 17.2. The topological polar surface area (TPSA) is 105 Å². The predicted octanol–water partition coefficient (Wildman–Crippen LogP) is 1.41. The molecule has 0 saturated heterocycles. The summed E-state index contributed by atoms with van der Waals surface area (Å²) in [5, 5.41) is 17.0. The molecule has 8 heteroatoms. The zero-order valence-corrected chi connectivity index (χ0v) is 14.0. The van der Waals surface area contributed by atoms with E-state index in [0.717, 1.165) is 43.4 Å². The molecule has 0 unspecified atom stereocenters. The second-order valence-corrected chi connectivity index (χ2v) is 6.81. The summed E-state index contributed by atoms with van der Waals surface area (Å²) in [4.78, 5) is 24.4. The molecule has 25 heavy (non-hydrogen) atoms. The molecule has 2 aromatic heterocycles. The van der Waals surface area contributed by atoms with Crippen molar-refractivity contribution in [3.8, 4) is 0 Å². The standard InChI is InChI=1S/C17H22N6O2/c24-15(19-11-4-1-2-5-11)10-23-9-12(8-18-23)20-17(25)16-13-6-3-7-14(13)21-22-16/h8-9,11H,1-7,10H2,(H,19,24)(H,20,25)(H,21,22). The molecule has 1 saturated carbocycles. The summed E-state index contributed by atoms with van der Waals surface area (Å²) in [5.41, 5.74) is 3.10. The first-order valence-corrected chi connectivity index (χ1v) is 8.88. The number of rotatable bonds is 5. The molecule has 3 N–H and O–H groups in total. The van der Waals surface area contributed by atoms with Crippen LogP contribution in [0.5, 0.6) is 0 Å². The van der Waals surface area contributed by atoms with Crippen LogP contribution < -0.4 is 10.6 Å². The van der Waals surface area contributed by atoms with Gasteiger partial charge in [-0.3, -0.25) is 19.4 Å². The first-order valence-electron chi connectivity index (χ1n) is 8.88. The van der Waals surface area contributed by atoms with Crippen molar-refractivity contribution < 1.29 is 9.59 Å². The van der Waals surface area contributed by atoms with E-state index in [1.807, 2.05) is 0 Å². The van der Waals surface area contributed by atoms with Crippen LogP contribution in [0.3, 0.4) is 0 Å². The maximum atomic E-state index is 12.4. The molecule has 132 valence electrons. The highest BCUT2D eigenvalue weighted by molar-refractivity contribution is 6.04. The zero-order valence-electron chi connectivity index (χ0n) is 14.0. The summed E-state index contributed by atoms with van der Waals surface area (Å²) in [6.45, 7) is 0.157. The average Bonchev–Trinajstić information content (AvgIpc) is 3.30. The van der Waals surface area contributed by atoms with Crippen LogP contribution in [0.15, 0.2) is 12.4 Å². The van der Waals surface area contributed by atoms with Crippen molar-refractivity contribution in [2.75, 3.05) is 5.32 Å². The van der Waals surface area contributed by atoms with E-state index in [4.69, 9.17) is 0 Å². The number of fused-ring (bicyclic) bond motifs is 1. The van der Waals surface area contributed by atoms with Gasteiger partial charge in [0, 0.05) is 23.5 Å². The predicted molar refractivity (Wildman–Crippen MR) is 91.2 cm³/mol. The molecule has 0 aromatic carbocycles. The molecule has 0 spiro atoms. The molecule has 0 radical (unpaired) electrons. The van der Waals surface area contributed by atoms with Crippen LogP contribution >= 0.6 is 0 Å². The molecule has 8 nitrogen and oxygen atoms in total. The average molecular weight is 342 g/mol. The van der Waals surface area contributed by atoms with Crippen molar-refractivity contribution in [2.45, 2.75) is 57.5 Å². The first kappa shape index (κ1) is 15.9. The maximum absolute atomic E-state index is 12.4. The maximum Gasteiger partial charge on any atom is 0.276 e. The van der Waals surface area contributed by atoms with E-state index < -0.39 is 0 Å². The highest BCUT2D eigenvalue weighted by atomic mass is 16.2. The number of amides is 2. The molecule has 4 rings (SSSR count). The van der Waals surface area contributed by atoms with Gasteiger partial charge < -0.3 is 10.6 Å². The second-order valence-electron chi connectivity index (χ2n) is 6.81. The lowest BCUT2D eigenvalue weighted by molar-refractivity contribution is -0.122. The van der Waals surface area contributed by atoms with Crippen molar-refractivity contribution in [3.63, 3.8) is 0 Å². The van der Waals surface area contributed by atoms with Crippen LogP contribution in [0.4, 0.5) is 5.69 Å². The smallest absolute Gasteiger partial charge is 0.276 e. The summed E-state index contributed by atoms with van der Waals surface area (Å²) < 4.78 is 1.54. The fourth-order valence-corrected chi connectivity index (χ4v) is 3.70. The number of aryl methyl sites for hydroxylation is 1. The van der Waals surface area contributed by atoms with Gasteiger partial charge in [0.15, 0.2) is 5.69 Å². The van der Waals surface area contributed by atoms with Crippen LogP contribution in [0.25, 0.3) is 0 Å².